The van der Waals surface area contributed by atoms with Gasteiger partial charge in [-0.3, -0.25) is 4.79 Å². The van der Waals surface area contributed by atoms with Gasteiger partial charge in [0.15, 0.2) is 6.10 Å². The van der Waals surface area contributed by atoms with E-state index in [1.165, 1.54) is 6.92 Å². The molecule has 150 valence electrons. The average Bonchev–Trinajstić information content (AvgIpc) is 2.79. The van der Waals surface area contributed by atoms with Crippen molar-refractivity contribution >= 4 is 17.6 Å². The molecule has 0 aliphatic rings. The molecule has 3 rings (SSSR count). The van der Waals surface area contributed by atoms with E-state index in [-0.39, 0.29) is 5.56 Å². The van der Waals surface area contributed by atoms with E-state index >= 15 is 0 Å². The number of amides is 1. The predicted octanol–water partition coefficient (Wildman–Crippen LogP) is 4.32. The number of para-hydroxylation sites is 1. The predicted molar refractivity (Wildman–Crippen MR) is 112 cm³/mol. The quantitative estimate of drug-likeness (QED) is 0.597. The van der Waals surface area contributed by atoms with Crippen molar-refractivity contribution in [3.05, 3.63) is 95.6 Å². The smallest absolute Gasteiger partial charge is 0.342 e. The van der Waals surface area contributed by atoms with Gasteiger partial charge in [-0.05, 0) is 48.9 Å². The number of hydrogen-bond donors (Lipinski definition) is 1. The highest BCUT2D eigenvalue weighted by atomic mass is 16.5. The molecule has 0 spiro atoms. The largest absolute Gasteiger partial charge is 0.488 e. The molecule has 6 nitrogen and oxygen atoms in total. The van der Waals surface area contributed by atoms with E-state index in [9.17, 15) is 9.59 Å². The number of nitriles is 1. The third-order valence-electron chi connectivity index (χ3n) is 4.28. The first-order valence-corrected chi connectivity index (χ1v) is 9.34. The fourth-order valence-corrected chi connectivity index (χ4v) is 2.65. The van der Waals surface area contributed by atoms with Gasteiger partial charge in [-0.2, -0.15) is 5.26 Å². The molecule has 3 aromatic rings. The Morgan fingerprint density at radius 3 is 2.33 bits per heavy atom. The fourth-order valence-electron chi connectivity index (χ4n) is 2.65. The summed E-state index contributed by atoms with van der Waals surface area (Å²) in [6, 6.07) is 24.7. The normalized spacial score (nSPS) is 11.1. The van der Waals surface area contributed by atoms with Crippen LogP contribution in [0.2, 0.25) is 0 Å². The minimum absolute atomic E-state index is 0.242. The van der Waals surface area contributed by atoms with Crippen LogP contribution in [0.1, 0.15) is 28.4 Å². The molecule has 0 aliphatic carbocycles. The molecule has 1 atom stereocenters. The summed E-state index contributed by atoms with van der Waals surface area (Å²) in [7, 11) is 0. The summed E-state index contributed by atoms with van der Waals surface area (Å²) < 4.78 is 11.1. The van der Waals surface area contributed by atoms with Crippen molar-refractivity contribution in [3.63, 3.8) is 0 Å². The maximum atomic E-state index is 12.6. The lowest BCUT2D eigenvalue weighted by atomic mass is 10.2. The van der Waals surface area contributed by atoms with Crippen LogP contribution in [-0.2, 0) is 16.1 Å². The fraction of sp³-hybridized carbons (Fsp3) is 0.125. The Labute approximate surface area is 174 Å². The lowest BCUT2D eigenvalue weighted by molar-refractivity contribution is -0.123. The van der Waals surface area contributed by atoms with Crippen LogP contribution >= 0.6 is 0 Å². The Hall–Kier alpha value is -4.11. The minimum Gasteiger partial charge on any atom is -0.488 e. The number of benzene rings is 3. The van der Waals surface area contributed by atoms with Crippen molar-refractivity contribution in [2.45, 2.75) is 19.6 Å². The zero-order valence-corrected chi connectivity index (χ0v) is 16.4. The monoisotopic (exact) mass is 400 g/mol. The molecule has 6 heteroatoms. The molecule has 0 bridgehead atoms. The lowest BCUT2D eigenvalue weighted by Gasteiger charge is -2.15. The molecule has 1 amide bonds. The van der Waals surface area contributed by atoms with Crippen LogP contribution in [0.3, 0.4) is 0 Å². The van der Waals surface area contributed by atoms with Gasteiger partial charge in [-0.15, -0.1) is 0 Å². The molecule has 1 N–H and O–H groups in total. The number of carbonyl (C=O) groups excluding carboxylic acids is 2. The first-order chi connectivity index (χ1) is 14.6. The van der Waals surface area contributed by atoms with Crippen molar-refractivity contribution in [1.82, 2.24) is 0 Å². The van der Waals surface area contributed by atoms with Gasteiger partial charge in [-0.1, -0.05) is 42.5 Å². The Bertz CT molecular complexity index is 1060. The van der Waals surface area contributed by atoms with Gasteiger partial charge in [0.2, 0.25) is 0 Å². The van der Waals surface area contributed by atoms with Crippen LogP contribution in [0.15, 0.2) is 78.9 Å². The minimum atomic E-state index is -1.02. The molecular formula is C24H20N2O4. The van der Waals surface area contributed by atoms with Crippen molar-refractivity contribution in [2.75, 3.05) is 5.32 Å². The second-order valence-electron chi connectivity index (χ2n) is 6.50. The van der Waals surface area contributed by atoms with Crippen LogP contribution in [0.4, 0.5) is 5.69 Å². The van der Waals surface area contributed by atoms with E-state index in [4.69, 9.17) is 14.7 Å². The highest BCUT2D eigenvalue weighted by molar-refractivity contribution is 5.98. The number of rotatable bonds is 7. The maximum absolute atomic E-state index is 12.6. The van der Waals surface area contributed by atoms with Gasteiger partial charge in [-0.25, -0.2) is 4.79 Å². The zero-order valence-electron chi connectivity index (χ0n) is 16.4. The molecule has 0 aliphatic heterocycles. The van der Waals surface area contributed by atoms with Crippen molar-refractivity contribution < 1.29 is 19.1 Å². The molecule has 0 fully saturated rings. The summed E-state index contributed by atoms with van der Waals surface area (Å²) in [5, 5.41) is 11.5. The summed E-state index contributed by atoms with van der Waals surface area (Å²) in [5.41, 5.74) is 2.20. The van der Waals surface area contributed by atoms with Crippen LogP contribution < -0.4 is 10.1 Å². The molecule has 0 heterocycles. The molecule has 30 heavy (non-hydrogen) atoms. The number of esters is 1. The first kappa shape index (κ1) is 20.6. The van der Waals surface area contributed by atoms with Crippen LogP contribution in [0.25, 0.3) is 0 Å². The molecule has 0 saturated heterocycles. The van der Waals surface area contributed by atoms with Gasteiger partial charge < -0.3 is 14.8 Å². The molecule has 0 aromatic heterocycles. The second-order valence-corrected chi connectivity index (χ2v) is 6.50. The number of anilines is 1. The first-order valence-electron chi connectivity index (χ1n) is 9.34. The Kier molecular flexibility index (Phi) is 6.80. The van der Waals surface area contributed by atoms with Crippen molar-refractivity contribution in [3.8, 4) is 11.8 Å². The van der Waals surface area contributed by atoms with E-state index in [1.807, 2.05) is 36.4 Å². The average molecular weight is 400 g/mol. The van der Waals surface area contributed by atoms with E-state index in [2.05, 4.69) is 5.32 Å². The Morgan fingerprint density at radius 1 is 0.967 bits per heavy atom. The SMILES string of the molecule is C[C@@H](OC(=O)c1ccccc1OCc1ccccc1)C(=O)Nc1ccc(C#N)cc1. The number of ether oxygens (including phenoxy) is 2. The zero-order chi connectivity index (χ0) is 21.3. The van der Waals surface area contributed by atoms with E-state index in [0.717, 1.165) is 5.56 Å². The standard InChI is InChI=1S/C24H20N2O4/c1-17(23(27)26-20-13-11-18(15-25)12-14-20)30-24(28)21-9-5-6-10-22(21)29-16-19-7-3-2-4-8-19/h2-14,17H,16H2,1H3,(H,26,27)/t17-/m1/s1. The maximum Gasteiger partial charge on any atom is 0.342 e. The van der Waals surface area contributed by atoms with Crippen LogP contribution in [0, 0.1) is 11.3 Å². The number of carbonyl (C=O) groups is 2. The molecule has 0 saturated carbocycles. The number of hydrogen-bond acceptors (Lipinski definition) is 5. The van der Waals surface area contributed by atoms with Gasteiger partial charge in [0.05, 0.1) is 11.6 Å². The van der Waals surface area contributed by atoms with Gasteiger partial charge >= 0.3 is 5.97 Å². The third kappa shape index (κ3) is 5.46. The van der Waals surface area contributed by atoms with E-state index < -0.39 is 18.0 Å². The molecule has 3 aromatic carbocycles. The molecule has 0 unspecified atom stereocenters. The van der Waals surface area contributed by atoms with Gasteiger partial charge in [0.25, 0.3) is 5.91 Å². The highest BCUT2D eigenvalue weighted by Gasteiger charge is 2.21. The van der Waals surface area contributed by atoms with Crippen LogP contribution in [-0.4, -0.2) is 18.0 Å². The lowest BCUT2D eigenvalue weighted by Crippen LogP contribution is -2.30. The second kappa shape index (κ2) is 9.89. The molecule has 0 radical (unpaired) electrons. The topological polar surface area (TPSA) is 88.4 Å². The number of nitrogens with zero attached hydrogens (tertiary/aromatic N) is 1. The molecular weight excluding hydrogens is 380 g/mol. The van der Waals surface area contributed by atoms with Crippen molar-refractivity contribution in [2.24, 2.45) is 0 Å². The Morgan fingerprint density at radius 2 is 1.63 bits per heavy atom. The van der Waals surface area contributed by atoms with Gasteiger partial charge in [0.1, 0.15) is 17.9 Å². The summed E-state index contributed by atoms with van der Waals surface area (Å²) >= 11 is 0. The summed E-state index contributed by atoms with van der Waals surface area (Å²) in [5.74, 6) is -0.747. The summed E-state index contributed by atoms with van der Waals surface area (Å²) in [4.78, 5) is 25.0. The van der Waals surface area contributed by atoms with Crippen LogP contribution in [0.5, 0.6) is 5.75 Å². The number of nitrogens with one attached hydrogen (secondary N) is 1. The highest BCUT2D eigenvalue weighted by Crippen LogP contribution is 2.21. The Balaban J connectivity index is 1.61. The van der Waals surface area contributed by atoms with E-state index in [0.29, 0.717) is 23.6 Å². The van der Waals surface area contributed by atoms with E-state index in [1.54, 1.807) is 48.5 Å². The van der Waals surface area contributed by atoms with Gasteiger partial charge in [0, 0.05) is 5.69 Å². The summed E-state index contributed by atoms with van der Waals surface area (Å²) in [6.07, 6.45) is -1.02. The third-order valence-corrected chi connectivity index (χ3v) is 4.28. The summed E-state index contributed by atoms with van der Waals surface area (Å²) in [6.45, 7) is 1.80. The van der Waals surface area contributed by atoms with Crippen molar-refractivity contribution in [1.29, 1.82) is 5.26 Å².